The van der Waals surface area contributed by atoms with E-state index in [2.05, 4.69) is 33.4 Å². The Morgan fingerprint density at radius 2 is 2.00 bits per heavy atom. The average molecular weight is 282 g/mol. The molecular weight excluding hydrogens is 266 g/mol. The maximum absolute atomic E-state index is 11.7. The van der Waals surface area contributed by atoms with Crippen molar-refractivity contribution >= 4 is 21.8 Å². The zero-order chi connectivity index (χ0) is 11.4. The quantitative estimate of drug-likeness (QED) is 0.826. The third kappa shape index (κ3) is 3.08. The molecule has 1 aliphatic carbocycles. The predicted octanol–water partition coefficient (Wildman–Crippen LogP) is 2.66. The number of carbonyl (C=O) groups excluding carboxylic acids is 1. The van der Waals surface area contributed by atoms with Crippen molar-refractivity contribution in [3.8, 4) is 0 Å². The van der Waals surface area contributed by atoms with E-state index in [1.54, 1.807) is 0 Å². The standard InChI is InChI=1S/C13H16BrNO/c14-10-13(8-9-13)15-12(16)7-6-11-4-2-1-3-5-11/h1-5H,6-10H2,(H,15,16). The molecule has 1 aromatic rings. The van der Waals surface area contributed by atoms with E-state index in [0.29, 0.717) is 6.42 Å². The molecule has 0 atom stereocenters. The summed E-state index contributed by atoms with van der Waals surface area (Å²) in [5.74, 6) is 0.167. The van der Waals surface area contributed by atoms with Gasteiger partial charge in [0, 0.05) is 17.3 Å². The van der Waals surface area contributed by atoms with Gasteiger partial charge in [0.2, 0.25) is 5.91 Å². The number of amides is 1. The SMILES string of the molecule is O=C(CCc1ccccc1)NC1(CBr)CC1. The number of nitrogens with one attached hydrogen (secondary N) is 1. The highest BCUT2D eigenvalue weighted by atomic mass is 79.9. The Hall–Kier alpha value is -0.830. The second-order valence-electron chi connectivity index (χ2n) is 4.45. The second kappa shape index (κ2) is 5.00. The first-order valence-electron chi connectivity index (χ1n) is 5.65. The van der Waals surface area contributed by atoms with Gasteiger partial charge in [0.05, 0.1) is 0 Å². The van der Waals surface area contributed by atoms with Gasteiger partial charge in [0.1, 0.15) is 0 Å². The van der Waals surface area contributed by atoms with Crippen LogP contribution >= 0.6 is 15.9 Å². The molecule has 86 valence electrons. The lowest BCUT2D eigenvalue weighted by molar-refractivity contribution is -0.121. The third-order valence-corrected chi connectivity index (χ3v) is 4.07. The monoisotopic (exact) mass is 281 g/mol. The largest absolute Gasteiger partial charge is 0.350 e. The Labute approximate surface area is 105 Å². The maximum atomic E-state index is 11.7. The number of alkyl halides is 1. The molecule has 0 bridgehead atoms. The van der Waals surface area contributed by atoms with Gasteiger partial charge in [-0.2, -0.15) is 0 Å². The van der Waals surface area contributed by atoms with E-state index in [4.69, 9.17) is 0 Å². The molecule has 2 nitrogen and oxygen atoms in total. The first-order valence-corrected chi connectivity index (χ1v) is 6.77. The Kier molecular flexibility index (Phi) is 3.64. The molecule has 0 saturated heterocycles. The number of rotatable bonds is 5. The van der Waals surface area contributed by atoms with Crippen LogP contribution in [0.5, 0.6) is 0 Å². The van der Waals surface area contributed by atoms with Crippen LogP contribution in [0.25, 0.3) is 0 Å². The number of carbonyl (C=O) groups is 1. The molecule has 1 N–H and O–H groups in total. The number of halogens is 1. The fraction of sp³-hybridized carbons (Fsp3) is 0.462. The van der Waals surface area contributed by atoms with Gasteiger partial charge >= 0.3 is 0 Å². The topological polar surface area (TPSA) is 29.1 Å². The van der Waals surface area contributed by atoms with Crippen LogP contribution in [-0.2, 0) is 11.2 Å². The zero-order valence-corrected chi connectivity index (χ0v) is 10.8. The van der Waals surface area contributed by atoms with Crippen molar-refractivity contribution in [3.63, 3.8) is 0 Å². The molecule has 0 heterocycles. The van der Waals surface area contributed by atoms with Crippen LogP contribution in [0.3, 0.4) is 0 Å². The third-order valence-electron chi connectivity index (χ3n) is 3.00. The Morgan fingerprint density at radius 1 is 1.31 bits per heavy atom. The van der Waals surface area contributed by atoms with Gasteiger partial charge in [0.15, 0.2) is 0 Å². The molecule has 1 aromatic carbocycles. The molecule has 0 aliphatic heterocycles. The highest BCUT2D eigenvalue weighted by Crippen LogP contribution is 2.36. The molecule has 3 heteroatoms. The van der Waals surface area contributed by atoms with Crippen LogP contribution in [0.15, 0.2) is 30.3 Å². The van der Waals surface area contributed by atoms with Gasteiger partial charge in [0.25, 0.3) is 0 Å². The molecule has 0 unspecified atom stereocenters. The van der Waals surface area contributed by atoms with Crippen LogP contribution in [0.1, 0.15) is 24.8 Å². The van der Waals surface area contributed by atoms with E-state index in [9.17, 15) is 4.79 Å². The van der Waals surface area contributed by atoms with Crippen molar-refractivity contribution < 1.29 is 4.79 Å². The molecule has 1 amide bonds. The highest BCUT2D eigenvalue weighted by molar-refractivity contribution is 9.09. The molecule has 0 aromatic heterocycles. The highest BCUT2D eigenvalue weighted by Gasteiger charge is 2.42. The number of benzene rings is 1. The summed E-state index contributed by atoms with van der Waals surface area (Å²) in [6.07, 6.45) is 3.62. The first kappa shape index (κ1) is 11.6. The number of aryl methyl sites for hydroxylation is 1. The van der Waals surface area contributed by atoms with E-state index in [1.807, 2.05) is 18.2 Å². The molecule has 16 heavy (non-hydrogen) atoms. The number of hydrogen-bond acceptors (Lipinski definition) is 1. The van der Waals surface area contributed by atoms with Gasteiger partial charge in [-0.1, -0.05) is 46.3 Å². The van der Waals surface area contributed by atoms with E-state index in [0.717, 1.165) is 24.6 Å². The lowest BCUT2D eigenvalue weighted by Crippen LogP contribution is -2.38. The minimum Gasteiger partial charge on any atom is -0.350 e. The van der Waals surface area contributed by atoms with Crippen LogP contribution in [0.2, 0.25) is 0 Å². The second-order valence-corrected chi connectivity index (χ2v) is 5.01. The molecule has 2 rings (SSSR count). The summed E-state index contributed by atoms with van der Waals surface area (Å²) >= 11 is 3.44. The van der Waals surface area contributed by atoms with Gasteiger partial charge < -0.3 is 5.32 Å². The minimum absolute atomic E-state index is 0.0772. The van der Waals surface area contributed by atoms with Crippen LogP contribution in [0, 0.1) is 0 Å². The van der Waals surface area contributed by atoms with Crippen molar-refractivity contribution in [2.75, 3.05) is 5.33 Å². The van der Waals surface area contributed by atoms with Crippen molar-refractivity contribution in [2.24, 2.45) is 0 Å². The maximum Gasteiger partial charge on any atom is 0.220 e. The molecular formula is C13H16BrNO. The van der Waals surface area contributed by atoms with E-state index < -0.39 is 0 Å². The van der Waals surface area contributed by atoms with Gasteiger partial charge in [-0.05, 0) is 24.8 Å². The Morgan fingerprint density at radius 3 is 2.56 bits per heavy atom. The lowest BCUT2D eigenvalue weighted by Gasteiger charge is -2.13. The minimum atomic E-state index is 0.0772. The summed E-state index contributed by atoms with van der Waals surface area (Å²) in [5, 5.41) is 3.97. The van der Waals surface area contributed by atoms with Crippen molar-refractivity contribution in [1.29, 1.82) is 0 Å². The van der Waals surface area contributed by atoms with Crippen LogP contribution < -0.4 is 5.32 Å². The normalized spacial score (nSPS) is 16.8. The lowest BCUT2D eigenvalue weighted by atomic mass is 10.1. The van der Waals surface area contributed by atoms with Crippen molar-refractivity contribution in [3.05, 3.63) is 35.9 Å². The molecule has 0 radical (unpaired) electrons. The van der Waals surface area contributed by atoms with Gasteiger partial charge in [-0.3, -0.25) is 4.79 Å². The smallest absolute Gasteiger partial charge is 0.220 e. The summed E-state index contributed by atoms with van der Waals surface area (Å²) in [7, 11) is 0. The summed E-state index contributed by atoms with van der Waals surface area (Å²) in [5.41, 5.74) is 1.30. The van der Waals surface area contributed by atoms with E-state index in [1.165, 1.54) is 5.56 Å². The van der Waals surface area contributed by atoms with Crippen molar-refractivity contribution in [2.45, 2.75) is 31.2 Å². The summed E-state index contributed by atoms with van der Waals surface area (Å²) in [6.45, 7) is 0. The van der Waals surface area contributed by atoms with Gasteiger partial charge in [-0.25, -0.2) is 0 Å². The Bertz CT molecular complexity index is 359. The summed E-state index contributed by atoms with van der Waals surface area (Å²) < 4.78 is 0. The zero-order valence-electron chi connectivity index (χ0n) is 9.21. The molecule has 1 aliphatic rings. The molecule has 1 fully saturated rings. The summed E-state index contributed by atoms with van der Waals surface area (Å²) in [6, 6.07) is 10.1. The fourth-order valence-corrected chi connectivity index (χ4v) is 2.40. The average Bonchev–Trinajstić information content (AvgIpc) is 3.08. The Balaban J connectivity index is 1.76. The van der Waals surface area contributed by atoms with Gasteiger partial charge in [-0.15, -0.1) is 0 Å². The van der Waals surface area contributed by atoms with Crippen LogP contribution in [-0.4, -0.2) is 16.8 Å². The predicted molar refractivity (Wildman–Crippen MR) is 68.7 cm³/mol. The summed E-state index contributed by atoms with van der Waals surface area (Å²) in [4.78, 5) is 11.7. The van der Waals surface area contributed by atoms with Crippen molar-refractivity contribution in [1.82, 2.24) is 5.32 Å². The molecule has 1 saturated carbocycles. The van der Waals surface area contributed by atoms with E-state index >= 15 is 0 Å². The fourth-order valence-electron chi connectivity index (χ4n) is 1.70. The first-order chi connectivity index (χ1) is 7.74. The molecule has 0 spiro atoms. The number of hydrogen-bond donors (Lipinski definition) is 1. The van der Waals surface area contributed by atoms with Crippen LogP contribution in [0.4, 0.5) is 0 Å². The van der Waals surface area contributed by atoms with E-state index in [-0.39, 0.29) is 11.4 Å².